The summed E-state index contributed by atoms with van der Waals surface area (Å²) in [7, 11) is 1.76. The van der Waals surface area contributed by atoms with Crippen molar-refractivity contribution in [3.63, 3.8) is 0 Å². The van der Waals surface area contributed by atoms with Crippen LogP contribution in [0.1, 0.15) is 36.0 Å². The van der Waals surface area contributed by atoms with E-state index in [-0.39, 0.29) is 29.9 Å². The van der Waals surface area contributed by atoms with Gasteiger partial charge in [-0.25, -0.2) is 4.98 Å². The maximum absolute atomic E-state index is 11.6. The van der Waals surface area contributed by atoms with Crippen molar-refractivity contribution in [1.82, 2.24) is 15.6 Å². The number of rotatable bonds is 8. The van der Waals surface area contributed by atoms with Crippen LogP contribution in [0.25, 0.3) is 0 Å². The molecule has 0 bridgehead atoms. The number of aliphatic imine (C=N–C) groups is 1. The molecule has 1 aromatic carbocycles. The second-order valence-electron chi connectivity index (χ2n) is 5.96. The summed E-state index contributed by atoms with van der Waals surface area (Å²) < 4.78 is 0. The highest BCUT2D eigenvalue weighted by Gasteiger charge is 2.03. The number of thiazole rings is 1. The zero-order valence-corrected chi connectivity index (χ0v) is 19.2. The first-order valence-corrected chi connectivity index (χ1v) is 9.73. The summed E-state index contributed by atoms with van der Waals surface area (Å²) in [6.45, 7) is 5.46. The molecule has 6 nitrogen and oxygen atoms in total. The van der Waals surface area contributed by atoms with Gasteiger partial charge < -0.3 is 16.0 Å². The molecule has 27 heavy (non-hydrogen) atoms. The van der Waals surface area contributed by atoms with E-state index in [9.17, 15) is 4.79 Å². The molecule has 0 atom stereocenters. The Hall–Kier alpha value is -1.68. The van der Waals surface area contributed by atoms with Gasteiger partial charge in [-0.3, -0.25) is 9.79 Å². The van der Waals surface area contributed by atoms with Gasteiger partial charge in [-0.1, -0.05) is 19.1 Å². The summed E-state index contributed by atoms with van der Waals surface area (Å²) in [5.74, 6) is 0.815. The molecule has 0 saturated heterocycles. The van der Waals surface area contributed by atoms with E-state index in [2.05, 4.69) is 31.3 Å². The third kappa shape index (κ3) is 8.70. The minimum atomic E-state index is 0. The normalized spacial score (nSPS) is 10.9. The second kappa shape index (κ2) is 12.7. The Balaban J connectivity index is 0.00000364. The van der Waals surface area contributed by atoms with Crippen LogP contribution in [0.2, 0.25) is 0 Å². The van der Waals surface area contributed by atoms with Crippen molar-refractivity contribution in [2.24, 2.45) is 4.99 Å². The molecule has 0 aliphatic carbocycles. The number of carbonyl (C=O) groups excluding carboxylic acids is 1. The molecule has 0 unspecified atom stereocenters. The highest BCUT2D eigenvalue weighted by molar-refractivity contribution is 14.0. The van der Waals surface area contributed by atoms with Gasteiger partial charge in [0.15, 0.2) is 5.96 Å². The lowest BCUT2D eigenvalue weighted by Crippen LogP contribution is -2.37. The van der Waals surface area contributed by atoms with E-state index < -0.39 is 0 Å². The van der Waals surface area contributed by atoms with E-state index >= 15 is 0 Å². The summed E-state index contributed by atoms with van der Waals surface area (Å²) in [5, 5.41) is 12.7. The highest BCUT2D eigenvalue weighted by Crippen LogP contribution is 2.10. The van der Waals surface area contributed by atoms with Crippen molar-refractivity contribution in [2.45, 2.75) is 39.7 Å². The number of nitrogens with one attached hydrogen (secondary N) is 3. The van der Waals surface area contributed by atoms with Crippen LogP contribution in [-0.2, 0) is 17.8 Å². The van der Waals surface area contributed by atoms with Crippen LogP contribution in [0.4, 0.5) is 5.69 Å². The lowest BCUT2D eigenvalue weighted by atomic mass is 10.2. The van der Waals surface area contributed by atoms with E-state index in [4.69, 9.17) is 0 Å². The number of nitrogens with zero attached hydrogens (tertiary/aromatic N) is 2. The van der Waals surface area contributed by atoms with Gasteiger partial charge in [0.05, 0.1) is 10.7 Å². The van der Waals surface area contributed by atoms with Crippen molar-refractivity contribution in [3.8, 4) is 0 Å². The fourth-order valence-electron chi connectivity index (χ4n) is 2.39. The second-order valence-corrected chi connectivity index (χ2v) is 7.02. The zero-order valence-electron chi connectivity index (χ0n) is 16.0. The first kappa shape index (κ1) is 23.4. The summed E-state index contributed by atoms with van der Waals surface area (Å²) in [6.07, 6.45) is 2.27. The largest absolute Gasteiger partial charge is 0.356 e. The van der Waals surface area contributed by atoms with E-state index in [0.717, 1.165) is 47.3 Å². The van der Waals surface area contributed by atoms with Gasteiger partial charge in [0.25, 0.3) is 0 Å². The molecular weight excluding hydrogens is 473 g/mol. The third-order valence-electron chi connectivity index (χ3n) is 3.74. The van der Waals surface area contributed by atoms with E-state index in [0.29, 0.717) is 13.0 Å². The van der Waals surface area contributed by atoms with Crippen molar-refractivity contribution < 1.29 is 4.79 Å². The average Bonchev–Trinajstić information content (AvgIpc) is 3.04. The maximum atomic E-state index is 11.6. The Morgan fingerprint density at radius 1 is 1.22 bits per heavy atom. The highest BCUT2D eigenvalue weighted by atomic mass is 127. The van der Waals surface area contributed by atoms with Gasteiger partial charge in [0.1, 0.15) is 0 Å². The van der Waals surface area contributed by atoms with Gasteiger partial charge in [-0.2, -0.15) is 0 Å². The summed E-state index contributed by atoms with van der Waals surface area (Å²) in [5.41, 5.74) is 3.06. The number of guanidine groups is 1. The number of benzene rings is 1. The smallest absolute Gasteiger partial charge is 0.224 e. The predicted octanol–water partition coefficient (Wildman–Crippen LogP) is 3.72. The monoisotopic (exact) mass is 501 g/mol. The van der Waals surface area contributed by atoms with Crippen LogP contribution in [0.3, 0.4) is 0 Å². The first-order valence-electron chi connectivity index (χ1n) is 8.85. The van der Waals surface area contributed by atoms with Gasteiger partial charge in [-0.05, 0) is 31.0 Å². The Bertz CT molecular complexity index is 730. The average molecular weight is 501 g/mol. The quantitative estimate of drug-likeness (QED) is 0.293. The number of carbonyl (C=O) groups is 1. The SMILES string of the molecule is CCCC(=O)Nc1ccc(CNC(=NC)NCCc2csc(C)n2)cc1.I. The molecule has 0 spiro atoms. The molecule has 0 aliphatic heterocycles. The van der Waals surface area contributed by atoms with Crippen LogP contribution in [0.5, 0.6) is 0 Å². The number of amides is 1. The predicted molar refractivity (Wildman–Crippen MR) is 124 cm³/mol. The van der Waals surface area contributed by atoms with Gasteiger partial charge in [0, 0.05) is 44.0 Å². The summed E-state index contributed by atoms with van der Waals surface area (Å²) >= 11 is 1.67. The summed E-state index contributed by atoms with van der Waals surface area (Å²) in [4.78, 5) is 20.3. The molecule has 0 fully saturated rings. The van der Waals surface area contributed by atoms with Gasteiger partial charge >= 0.3 is 0 Å². The van der Waals surface area contributed by atoms with Crippen molar-refractivity contribution in [2.75, 3.05) is 18.9 Å². The number of hydrogen-bond acceptors (Lipinski definition) is 4. The molecule has 3 N–H and O–H groups in total. The first-order chi connectivity index (χ1) is 12.6. The third-order valence-corrected chi connectivity index (χ3v) is 4.56. The van der Waals surface area contributed by atoms with Crippen LogP contribution in [0, 0.1) is 6.92 Å². The van der Waals surface area contributed by atoms with Crippen molar-refractivity contribution >= 4 is 52.9 Å². The van der Waals surface area contributed by atoms with Crippen molar-refractivity contribution in [1.29, 1.82) is 0 Å². The topological polar surface area (TPSA) is 78.4 Å². The van der Waals surface area contributed by atoms with E-state index in [1.807, 2.05) is 38.1 Å². The van der Waals surface area contributed by atoms with Crippen LogP contribution < -0.4 is 16.0 Å². The standard InChI is InChI=1S/C19H27N5OS.HI/c1-4-5-18(25)24-16-8-6-15(7-9-16)12-22-19(20-3)21-11-10-17-13-26-14(2)23-17;/h6-9,13H,4-5,10-12H2,1-3H3,(H,24,25)(H2,20,21,22);1H. The Morgan fingerprint density at radius 3 is 2.56 bits per heavy atom. The molecule has 0 saturated carbocycles. The Labute approximate surface area is 182 Å². The van der Waals surface area contributed by atoms with Crippen LogP contribution >= 0.6 is 35.3 Å². The van der Waals surface area contributed by atoms with E-state index in [1.165, 1.54) is 0 Å². The molecule has 148 valence electrons. The molecular formula is C19H28IN5OS. The molecule has 8 heteroatoms. The minimum Gasteiger partial charge on any atom is -0.356 e. The number of hydrogen-bond donors (Lipinski definition) is 3. The lowest BCUT2D eigenvalue weighted by Gasteiger charge is -2.12. The van der Waals surface area contributed by atoms with Crippen LogP contribution in [0.15, 0.2) is 34.6 Å². The molecule has 1 aromatic heterocycles. The molecule has 0 radical (unpaired) electrons. The van der Waals surface area contributed by atoms with Crippen molar-refractivity contribution in [3.05, 3.63) is 45.9 Å². The zero-order chi connectivity index (χ0) is 18.8. The number of anilines is 1. The van der Waals surface area contributed by atoms with Crippen LogP contribution in [-0.4, -0.2) is 30.4 Å². The number of aryl methyl sites for hydroxylation is 1. The molecule has 1 heterocycles. The molecule has 0 aliphatic rings. The molecule has 1 amide bonds. The fourth-order valence-corrected chi connectivity index (χ4v) is 3.04. The van der Waals surface area contributed by atoms with Gasteiger partial charge in [-0.15, -0.1) is 35.3 Å². The summed E-state index contributed by atoms with van der Waals surface area (Å²) in [6, 6.07) is 7.84. The maximum Gasteiger partial charge on any atom is 0.224 e. The number of aromatic nitrogens is 1. The molecule has 2 rings (SSSR count). The van der Waals surface area contributed by atoms with E-state index in [1.54, 1.807) is 18.4 Å². The van der Waals surface area contributed by atoms with Gasteiger partial charge in [0.2, 0.25) is 5.91 Å². The number of halogens is 1. The Morgan fingerprint density at radius 2 is 1.96 bits per heavy atom. The lowest BCUT2D eigenvalue weighted by molar-refractivity contribution is -0.116. The molecule has 2 aromatic rings. The fraction of sp³-hybridized carbons (Fsp3) is 0.421. The Kier molecular flexibility index (Phi) is 11.0. The minimum absolute atomic E-state index is 0.